The molecule has 1 aromatic carbocycles. The molecule has 20 heavy (non-hydrogen) atoms. The standard InChI is InChI=1S/C14H20N2O4/c1-3-10(8-13(18)19)9-15-14(20)16(2)11-4-6-12(17)7-5-11/h4-7,10,17H,3,8-9H2,1-2H3,(H,15,20)(H,18,19). The Hall–Kier alpha value is -2.24. The summed E-state index contributed by atoms with van der Waals surface area (Å²) in [5, 5.41) is 20.7. The SMILES string of the molecule is CCC(CNC(=O)N(C)c1ccc(O)cc1)CC(=O)O. The number of hydrogen-bond acceptors (Lipinski definition) is 3. The predicted octanol–water partition coefficient (Wildman–Crippen LogP) is 2.04. The van der Waals surface area contributed by atoms with Crippen LogP contribution in [0.1, 0.15) is 19.8 Å². The number of benzene rings is 1. The molecule has 0 fully saturated rings. The van der Waals surface area contributed by atoms with Crippen LogP contribution in [0.25, 0.3) is 0 Å². The molecule has 6 nitrogen and oxygen atoms in total. The van der Waals surface area contributed by atoms with Crippen LogP contribution in [-0.4, -0.2) is 35.8 Å². The van der Waals surface area contributed by atoms with Gasteiger partial charge in [-0.05, 0) is 30.2 Å². The van der Waals surface area contributed by atoms with Gasteiger partial charge >= 0.3 is 12.0 Å². The molecule has 0 saturated heterocycles. The zero-order valence-corrected chi connectivity index (χ0v) is 11.7. The molecule has 1 unspecified atom stereocenters. The van der Waals surface area contributed by atoms with Gasteiger partial charge in [-0.3, -0.25) is 9.69 Å². The van der Waals surface area contributed by atoms with Crippen LogP contribution in [-0.2, 0) is 4.79 Å². The zero-order valence-electron chi connectivity index (χ0n) is 11.7. The minimum atomic E-state index is -0.863. The van der Waals surface area contributed by atoms with Gasteiger partial charge in [0.05, 0.1) is 0 Å². The van der Waals surface area contributed by atoms with Gasteiger partial charge in [-0.2, -0.15) is 0 Å². The third kappa shape index (κ3) is 4.79. The van der Waals surface area contributed by atoms with Crippen molar-refractivity contribution in [2.75, 3.05) is 18.5 Å². The molecule has 1 atom stereocenters. The lowest BCUT2D eigenvalue weighted by Gasteiger charge is -2.20. The number of amides is 2. The number of nitrogens with one attached hydrogen (secondary N) is 1. The number of rotatable bonds is 6. The normalized spacial score (nSPS) is 11.7. The molecule has 0 radical (unpaired) electrons. The van der Waals surface area contributed by atoms with Crippen LogP contribution < -0.4 is 10.2 Å². The molecular weight excluding hydrogens is 260 g/mol. The second-order valence-corrected chi connectivity index (χ2v) is 4.63. The average molecular weight is 280 g/mol. The molecule has 1 rings (SSSR count). The Morgan fingerprint density at radius 1 is 1.30 bits per heavy atom. The summed E-state index contributed by atoms with van der Waals surface area (Å²) < 4.78 is 0. The number of carboxylic acids is 1. The maximum absolute atomic E-state index is 11.9. The monoisotopic (exact) mass is 280 g/mol. The van der Waals surface area contributed by atoms with Crippen LogP contribution in [0.3, 0.4) is 0 Å². The van der Waals surface area contributed by atoms with E-state index in [0.717, 1.165) is 0 Å². The average Bonchev–Trinajstić information content (AvgIpc) is 2.42. The van der Waals surface area contributed by atoms with E-state index >= 15 is 0 Å². The Morgan fingerprint density at radius 3 is 2.40 bits per heavy atom. The fourth-order valence-electron chi connectivity index (χ4n) is 1.75. The fourth-order valence-corrected chi connectivity index (χ4v) is 1.75. The number of aromatic hydroxyl groups is 1. The molecule has 0 bridgehead atoms. The smallest absolute Gasteiger partial charge is 0.321 e. The third-order valence-electron chi connectivity index (χ3n) is 3.12. The number of phenols is 1. The first kappa shape index (κ1) is 15.8. The molecular formula is C14H20N2O4. The summed E-state index contributed by atoms with van der Waals surface area (Å²) in [6, 6.07) is 5.95. The van der Waals surface area contributed by atoms with Gasteiger partial charge in [0, 0.05) is 25.7 Å². The highest BCUT2D eigenvalue weighted by molar-refractivity contribution is 5.91. The Labute approximate surface area is 118 Å². The number of nitrogens with zero attached hydrogens (tertiary/aromatic N) is 1. The minimum Gasteiger partial charge on any atom is -0.508 e. The molecule has 110 valence electrons. The van der Waals surface area contributed by atoms with Crippen LogP contribution in [0.2, 0.25) is 0 Å². The van der Waals surface area contributed by atoms with E-state index in [1.165, 1.54) is 17.0 Å². The van der Waals surface area contributed by atoms with Crippen LogP contribution in [0, 0.1) is 5.92 Å². The van der Waals surface area contributed by atoms with Crippen molar-refractivity contribution in [3.8, 4) is 5.75 Å². The van der Waals surface area contributed by atoms with Crippen LogP contribution >= 0.6 is 0 Å². The second-order valence-electron chi connectivity index (χ2n) is 4.63. The van der Waals surface area contributed by atoms with Gasteiger partial charge in [0.2, 0.25) is 0 Å². The van der Waals surface area contributed by atoms with Crippen molar-refractivity contribution in [2.24, 2.45) is 5.92 Å². The quantitative estimate of drug-likeness (QED) is 0.743. The maximum atomic E-state index is 11.9. The Balaban J connectivity index is 2.53. The number of carbonyl (C=O) groups excluding carboxylic acids is 1. The van der Waals surface area contributed by atoms with E-state index in [1.54, 1.807) is 19.2 Å². The van der Waals surface area contributed by atoms with Gasteiger partial charge in [0.1, 0.15) is 5.75 Å². The molecule has 6 heteroatoms. The second kappa shape index (κ2) is 7.37. The molecule has 0 spiro atoms. The lowest BCUT2D eigenvalue weighted by Crippen LogP contribution is -2.40. The van der Waals surface area contributed by atoms with E-state index in [4.69, 9.17) is 5.11 Å². The van der Waals surface area contributed by atoms with Gasteiger partial charge in [-0.1, -0.05) is 13.3 Å². The summed E-state index contributed by atoms with van der Waals surface area (Å²) in [5.41, 5.74) is 0.645. The molecule has 0 heterocycles. The summed E-state index contributed by atoms with van der Waals surface area (Å²) in [5.74, 6) is -0.808. The Kier molecular flexibility index (Phi) is 5.83. The van der Waals surface area contributed by atoms with Gasteiger partial charge in [0.25, 0.3) is 0 Å². The first-order valence-corrected chi connectivity index (χ1v) is 6.46. The number of carbonyl (C=O) groups is 2. The van der Waals surface area contributed by atoms with Crippen molar-refractivity contribution >= 4 is 17.7 Å². The van der Waals surface area contributed by atoms with Crippen LogP contribution in [0.5, 0.6) is 5.75 Å². The highest BCUT2D eigenvalue weighted by atomic mass is 16.4. The number of aliphatic carboxylic acids is 1. The van der Waals surface area contributed by atoms with Gasteiger partial charge in [-0.15, -0.1) is 0 Å². The molecule has 0 aliphatic heterocycles. The largest absolute Gasteiger partial charge is 0.508 e. The van der Waals surface area contributed by atoms with E-state index in [0.29, 0.717) is 18.7 Å². The van der Waals surface area contributed by atoms with E-state index in [9.17, 15) is 14.7 Å². The van der Waals surface area contributed by atoms with Crippen LogP contribution in [0.4, 0.5) is 10.5 Å². The summed E-state index contributed by atoms with van der Waals surface area (Å²) in [6.45, 7) is 2.22. The highest BCUT2D eigenvalue weighted by Crippen LogP contribution is 2.17. The van der Waals surface area contributed by atoms with E-state index in [-0.39, 0.29) is 24.1 Å². The van der Waals surface area contributed by atoms with Gasteiger partial charge < -0.3 is 15.5 Å². The number of urea groups is 1. The van der Waals surface area contributed by atoms with Gasteiger partial charge in [0.15, 0.2) is 0 Å². The summed E-state index contributed by atoms with van der Waals surface area (Å²) in [7, 11) is 1.61. The van der Waals surface area contributed by atoms with Crippen molar-refractivity contribution in [2.45, 2.75) is 19.8 Å². The number of carboxylic acid groups (broad SMARTS) is 1. The first-order valence-electron chi connectivity index (χ1n) is 6.46. The van der Waals surface area contributed by atoms with Crippen molar-refractivity contribution in [3.63, 3.8) is 0 Å². The third-order valence-corrected chi connectivity index (χ3v) is 3.12. The first-order chi connectivity index (χ1) is 9.43. The molecule has 0 aliphatic rings. The number of phenolic OH excluding ortho intramolecular Hbond substituents is 1. The van der Waals surface area contributed by atoms with E-state index in [2.05, 4.69) is 5.32 Å². The van der Waals surface area contributed by atoms with E-state index < -0.39 is 5.97 Å². The lowest BCUT2D eigenvalue weighted by molar-refractivity contribution is -0.138. The fraction of sp³-hybridized carbons (Fsp3) is 0.429. The molecule has 0 aromatic heterocycles. The van der Waals surface area contributed by atoms with Crippen molar-refractivity contribution in [1.82, 2.24) is 5.32 Å². The summed E-state index contributed by atoms with van der Waals surface area (Å²) in [4.78, 5) is 24.0. The summed E-state index contributed by atoms with van der Waals surface area (Å²) >= 11 is 0. The topological polar surface area (TPSA) is 89.9 Å². The van der Waals surface area contributed by atoms with Crippen molar-refractivity contribution < 1.29 is 19.8 Å². The summed E-state index contributed by atoms with van der Waals surface area (Å²) in [6.07, 6.45) is 0.731. The molecule has 2 amide bonds. The van der Waals surface area contributed by atoms with Crippen molar-refractivity contribution in [3.05, 3.63) is 24.3 Å². The molecule has 0 aliphatic carbocycles. The molecule has 3 N–H and O–H groups in total. The van der Waals surface area contributed by atoms with E-state index in [1.807, 2.05) is 6.92 Å². The Bertz CT molecular complexity index is 459. The minimum absolute atomic E-state index is 0.0414. The number of anilines is 1. The molecule has 1 aromatic rings. The predicted molar refractivity (Wildman–Crippen MR) is 75.9 cm³/mol. The maximum Gasteiger partial charge on any atom is 0.321 e. The zero-order chi connectivity index (χ0) is 15.1. The number of hydrogen-bond donors (Lipinski definition) is 3. The molecule has 0 saturated carbocycles. The Morgan fingerprint density at radius 2 is 1.90 bits per heavy atom. The van der Waals surface area contributed by atoms with Gasteiger partial charge in [-0.25, -0.2) is 4.79 Å². The highest BCUT2D eigenvalue weighted by Gasteiger charge is 2.15. The lowest BCUT2D eigenvalue weighted by atomic mass is 10.0. The van der Waals surface area contributed by atoms with Crippen LogP contribution in [0.15, 0.2) is 24.3 Å². The van der Waals surface area contributed by atoms with Crippen molar-refractivity contribution in [1.29, 1.82) is 0 Å².